The zero-order chi connectivity index (χ0) is 12.1. The minimum absolute atomic E-state index is 0.569. The summed E-state index contributed by atoms with van der Waals surface area (Å²) in [5, 5.41) is 3.71. The van der Waals surface area contributed by atoms with E-state index in [2.05, 4.69) is 12.2 Å². The Morgan fingerprint density at radius 3 is 2.41 bits per heavy atom. The third-order valence-electron chi connectivity index (χ3n) is 4.78. The third-order valence-corrected chi connectivity index (χ3v) is 4.78. The van der Waals surface area contributed by atoms with Gasteiger partial charge in [-0.2, -0.15) is 0 Å². The first-order valence-electron chi connectivity index (χ1n) is 7.73. The van der Waals surface area contributed by atoms with E-state index in [1.165, 1.54) is 57.9 Å². The summed E-state index contributed by atoms with van der Waals surface area (Å²) < 4.78 is 0. The van der Waals surface area contributed by atoms with Gasteiger partial charge in [0.25, 0.3) is 0 Å². The first-order valence-corrected chi connectivity index (χ1v) is 7.73. The predicted octanol–water partition coefficient (Wildman–Crippen LogP) is 2.92. The normalized spacial score (nSPS) is 25.8. The highest BCUT2D eigenvalue weighted by Gasteiger charge is 2.28. The summed E-state index contributed by atoms with van der Waals surface area (Å²) in [6.45, 7) is 4.38. The Balaban J connectivity index is 1.64. The summed E-state index contributed by atoms with van der Waals surface area (Å²) in [4.78, 5) is 0. The van der Waals surface area contributed by atoms with Crippen LogP contribution in [0.1, 0.15) is 58.3 Å². The Hall–Kier alpha value is -0.0800. The molecule has 0 amide bonds. The highest BCUT2D eigenvalue weighted by molar-refractivity contribution is 4.82. The van der Waals surface area contributed by atoms with Crippen molar-refractivity contribution in [3.63, 3.8) is 0 Å². The molecule has 17 heavy (non-hydrogen) atoms. The SMILES string of the molecule is CC(CNC(CN)CC1CCCCC1)C1CC1. The Kier molecular flexibility index (Phi) is 5.30. The van der Waals surface area contributed by atoms with Gasteiger partial charge in [0, 0.05) is 12.6 Å². The molecule has 100 valence electrons. The zero-order valence-corrected chi connectivity index (χ0v) is 11.5. The number of nitrogens with two attached hydrogens (primary N) is 1. The number of hydrogen-bond donors (Lipinski definition) is 2. The molecule has 2 heteroatoms. The van der Waals surface area contributed by atoms with E-state index < -0.39 is 0 Å². The molecule has 2 rings (SSSR count). The monoisotopic (exact) mass is 238 g/mol. The van der Waals surface area contributed by atoms with Crippen LogP contribution in [0.2, 0.25) is 0 Å². The van der Waals surface area contributed by atoms with E-state index in [9.17, 15) is 0 Å². The van der Waals surface area contributed by atoms with Crippen molar-refractivity contribution in [3.8, 4) is 0 Å². The lowest BCUT2D eigenvalue weighted by molar-refractivity contribution is 0.291. The molecule has 0 aliphatic heterocycles. The van der Waals surface area contributed by atoms with Gasteiger partial charge in [0.1, 0.15) is 0 Å². The van der Waals surface area contributed by atoms with Crippen molar-refractivity contribution >= 4 is 0 Å². The molecule has 2 fully saturated rings. The third kappa shape index (κ3) is 4.59. The molecule has 0 aromatic carbocycles. The van der Waals surface area contributed by atoms with Crippen LogP contribution in [0.25, 0.3) is 0 Å². The van der Waals surface area contributed by atoms with E-state index in [4.69, 9.17) is 5.73 Å². The maximum atomic E-state index is 5.91. The van der Waals surface area contributed by atoms with E-state index >= 15 is 0 Å². The van der Waals surface area contributed by atoms with E-state index in [-0.39, 0.29) is 0 Å². The molecule has 2 nitrogen and oxygen atoms in total. The van der Waals surface area contributed by atoms with Crippen LogP contribution in [0.4, 0.5) is 0 Å². The topological polar surface area (TPSA) is 38.0 Å². The second-order valence-electron chi connectivity index (χ2n) is 6.40. The van der Waals surface area contributed by atoms with Gasteiger partial charge in [-0.1, -0.05) is 39.0 Å². The summed E-state index contributed by atoms with van der Waals surface area (Å²) in [7, 11) is 0. The molecule has 2 saturated carbocycles. The second-order valence-corrected chi connectivity index (χ2v) is 6.40. The van der Waals surface area contributed by atoms with Gasteiger partial charge in [-0.15, -0.1) is 0 Å². The summed E-state index contributed by atoms with van der Waals surface area (Å²) in [5.74, 6) is 2.81. The Morgan fingerprint density at radius 1 is 1.12 bits per heavy atom. The molecule has 0 bridgehead atoms. The highest BCUT2D eigenvalue weighted by atomic mass is 14.9. The van der Waals surface area contributed by atoms with Crippen molar-refractivity contribution in [2.75, 3.05) is 13.1 Å². The van der Waals surface area contributed by atoms with Crippen molar-refractivity contribution < 1.29 is 0 Å². The number of nitrogens with one attached hydrogen (secondary N) is 1. The smallest absolute Gasteiger partial charge is 0.0193 e. The van der Waals surface area contributed by atoms with Crippen LogP contribution in [-0.4, -0.2) is 19.1 Å². The van der Waals surface area contributed by atoms with Crippen LogP contribution in [0.15, 0.2) is 0 Å². The van der Waals surface area contributed by atoms with Gasteiger partial charge in [0.15, 0.2) is 0 Å². The maximum absolute atomic E-state index is 5.91. The molecule has 2 unspecified atom stereocenters. The van der Waals surface area contributed by atoms with Crippen molar-refractivity contribution in [1.29, 1.82) is 0 Å². The molecule has 2 aliphatic carbocycles. The fraction of sp³-hybridized carbons (Fsp3) is 1.00. The zero-order valence-electron chi connectivity index (χ0n) is 11.5. The van der Waals surface area contributed by atoms with E-state index in [0.717, 1.165) is 24.3 Å². The van der Waals surface area contributed by atoms with Crippen molar-refractivity contribution in [2.45, 2.75) is 64.3 Å². The average Bonchev–Trinajstić information content (AvgIpc) is 3.19. The van der Waals surface area contributed by atoms with E-state index in [0.29, 0.717) is 6.04 Å². The molecule has 0 aromatic rings. The molecule has 3 N–H and O–H groups in total. The van der Waals surface area contributed by atoms with Gasteiger partial charge in [0.2, 0.25) is 0 Å². The maximum Gasteiger partial charge on any atom is 0.0193 e. The molecule has 0 aromatic heterocycles. The van der Waals surface area contributed by atoms with Gasteiger partial charge in [-0.3, -0.25) is 0 Å². The van der Waals surface area contributed by atoms with Crippen LogP contribution in [0.5, 0.6) is 0 Å². The Bertz CT molecular complexity index is 207. The minimum atomic E-state index is 0.569. The van der Waals surface area contributed by atoms with Crippen LogP contribution < -0.4 is 11.1 Å². The first kappa shape index (κ1) is 13.4. The molecular formula is C15H30N2. The van der Waals surface area contributed by atoms with Crippen LogP contribution in [-0.2, 0) is 0 Å². The van der Waals surface area contributed by atoms with E-state index in [1.54, 1.807) is 0 Å². The summed E-state index contributed by atoms with van der Waals surface area (Å²) in [6, 6.07) is 0.569. The summed E-state index contributed by atoms with van der Waals surface area (Å²) in [6.07, 6.45) is 11.5. The first-order chi connectivity index (χ1) is 8.29. The van der Waals surface area contributed by atoms with Crippen LogP contribution in [0.3, 0.4) is 0 Å². The minimum Gasteiger partial charge on any atom is -0.329 e. The van der Waals surface area contributed by atoms with Gasteiger partial charge in [-0.25, -0.2) is 0 Å². The second kappa shape index (κ2) is 6.75. The molecule has 0 heterocycles. The van der Waals surface area contributed by atoms with E-state index in [1.807, 2.05) is 0 Å². The molecule has 0 spiro atoms. The van der Waals surface area contributed by atoms with Gasteiger partial charge in [0.05, 0.1) is 0 Å². The molecule has 2 atom stereocenters. The predicted molar refractivity (Wildman–Crippen MR) is 73.9 cm³/mol. The fourth-order valence-electron chi connectivity index (χ4n) is 3.27. The van der Waals surface area contributed by atoms with Crippen LogP contribution in [0, 0.1) is 17.8 Å². The molecule has 0 saturated heterocycles. The molecule has 2 aliphatic rings. The Morgan fingerprint density at radius 2 is 1.82 bits per heavy atom. The molecule has 0 radical (unpaired) electrons. The van der Waals surface area contributed by atoms with Gasteiger partial charge < -0.3 is 11.1 Å². The lowest BCUT2D eigenvalue weighted by Gasteiger charge is -2.27. The Labute approximate surface area is 107 Å². The summed E-state index contributed by atoms with van der Waals surface area (Å²) in [5.41, 5.74) is 5.91. The van der Waals surface area contributed by atoms with Crippen molar-refractivity contribution in [1.82, 2.24) is 5.32 Å². The standard InChI is InChI=1S/C15H30N2/c1-12(14-7-8-14)11-17-15(10-16)9-13-5-3-2-4-6-13/h12-15,17H,2-11,16H2,1H3. The highest BCUT2D eigenvalue weighted by Crippen LogP contribution is 2.36. The van der Waals surface area contributed by atoms with Gasteiger partial charge in [-0.05, 0) is 43.6 Å². The van der Waals surface area contributed by atoms with Crippen molar-refractivity contribution in [3.05, 3.63) is 0 Å². The lowest BCUT2D eigenvalue weighted by atomic mass is 9.84. The lowest BCUT2D eigenvalue weighted by Crippen LogP contribution is -2.40. The number of rotatable bonds is 7. The quantitative estimate of drug-likeness (QED) is 0.715. The molecular weight excluding hydrogens is 208 g/mol. The largest absolute Gasteiger partial charge is 0.329 e. The number of hydrogen-bond acceptors (Lipinski definition) is 2. The van der Waals surface area contributed by atoms with Crippen LogP contribution >= 0.6 is 0 Å². The van der Waals surface area contributed by atoms with Gasteiger partial charge >= 0.3 is 0 Å². The van der Waals surface area contributed by atoms with Crippen molar-refractivity contribution in [2.24, 2.45) is 23.5 Å². The fourth-order valence-corrected chi connectivity index (χ4v) is 3.27. The average molecular weight is 238 g/mol. The summed E-state index contributed by atoms with van der Waals surface area (Å²) >= 11 is 0.